The monoisotopic (exact) mass is 193 g/mol. The zero-order valence-corrected chi connectivity index (χ0v) is 8.87. The quantitative estimate of drug-likeness (QED) is 0.796. The van der Waals surface area contributed by atoms with Gasteiger partial charge in [0.15, 0.2) is 0 Å². The Kier molecular flexibility index (Phi) is 2.87. The first kappa shape index (κ1) is 9.71. The summed E-state index contributed by atoms with van der Waals surface area (Å²) in [6.07, 6.45) is 7.44. The van der Waals surface area contributed by atoms with Crippen molar-refractivity contribution in [1.82, 2.24) is 9.78 Å². The molecule has 0 atom stereocenters. The molecule has 0 amide bonds. The molecular weight excluding hydrogens is 174 g/mol. The molecule has 3 nitrogen and oxygen atoms in total. The molecule has 1 saturated carbocycles. The largest absolute Gasteiger partial charge is 0.325 e. The Labute approximate surface area is 85.3 Å². The second-order valence-corrected chi connectivity index (χ2v) is 4.31. The van der Waals surface area contributed by atoms with Crippen molar-refractivity contribution in [2.45, 2.75) is 45.7 Å². The number of rotatable bonds is 3. The van der Waals surface area contributed by atoms with Gasteiger partial charge in [-0.3, -0.25) is 4.68 Å². The smallest absolute Gasteiger partial charge is 0.0549 e. The zero-order chi connectivity index (χ0) is 9.97. The van der Waals surface area contributed by atoms with Crippen LogP contribution in [0.15, 0.2) is 6.20 Å². The van der Waals surface area contributed by atoms with Gasteiger partial charge in [0.2, 0.25) is 0 Å². The van der Waals surface area contributed by atoms with Crippen LogP contribution in [-0.4, -0.2) is 9.78 Å². The fourth-order valence-corrected chi connectivity index (χ4v) is 2.37. The Morgan fingerprint density at radius 3 is 2.86 bits per heavy atom. The molecule has 1 aliphatic rings. The highest BCUT2D eigenvalue weighted by atomic mass is 15.3. The molecule has 0 saturated heterocycles. The number of hydrogen-bond donors (Lipinski definition) is 1. The van der Waals surface area contributed by atoms with Gasteiger partial charge in [0.25, 0.3) is 0 Å². The summed E-state index contributed by atoms with van der Waals surface area (Å²) >= 11 is 0. The highest BCUT2D eigenvalue weighted by molar-refractivity contribution is 5.15. The van der Waals surface area contributed by atoms with Crippen molar-refractivity contribution < 1.29 is 0 Å². The standard InChI is InChI=1S/C11H19N3/c1-9-7-13-14(11(9)6-12)8-10-4-2-3-5-10/h7,10H,2-6,8,12H2,1H3. The van der Waals surface area contributed by atoms with Gasteiger partial charge in [-0.25, -0.2) is 0 Å². The predicted molar refractivity (Wildman–Crippen MR) is 56.8 cm³/mol. The van der Waals surface area contributed by atoms with E-state index in [1.54, 1.807) is 0 Å². The molecule has 2 rings (SSSR count). The van der Waals surface area contributed by atoms with Crippen LogP contribution in [0.1, 0.15) is 36.9 Å². The van der Waals surface area contributed by atoms with E-state index in [0.29, 0.717) is 6.54 Å². The minimum atomic E-state index is 0.610. The molecule has 1 fully saturated rings. The summed E-state index contributed by atoms with van der Waals surface area (Å²) in [7, 11) is 0. The summed E-state index contributed by atoms with van der Waals surface area (Å²) in [6.45, 7) is 3.76. The van der Waals surface area contributed by atoms with Crippen LogP contribution in [0.25, 0.3) is 0 Å². The lowest BCUT2D eigenvalue weighted by Crippen LogP contribution is -2.14. The summed E-state index contributed by atoms with van der Waals surface area (Å²) in [6, 6.07) is 0. The van der Waals surface area contributed by atoms with Crippen molar-refractivity contribution >= 4 is 0 Å². The van der Waals surface area contributed by atoms with Gasteiger partial charge in [-0.1, -0.05) is 12.8 Å². The Morgan fingerprint density at radius 2 is 2.21 bits per heavy atom. The Hall–Kier alpha value is -0.830. The minimum absolute atomic E-state index is 0.610. The molecule has 0 bridgehead atoms. The fourth-order valence-electron chi connectivity index (χ4n) is 2.37. The molecule has 1 heterocycles. The molecule has 0 aliphatic heterocycles. The highest BCUT2D eigenvalue weighted by Gasteiger charge is 2.17. The van der Waals surface area contributed by atoms with Crippen molar-refractivity contribution in [2.24, 2.45) is 11.7 Å². The number of hydrogen-bond acceptors (Lipinski definition) is 2. The van der Waals surface area contributed by atoms with E-state index in [2.05, 4.69) is 16.7 Å². The lowest BCUT2D eigenvalue weighted by atomic mass is 10.1. The third-order valence-electron chi connectivity index (χ3n) is 3.26. The average Bonchev–Trinajstić information content (AvgIpc) is 2.77. The lowest BCUT2D eigenvalue weighted by Gasteiger charge is -2.11. The predicted octanol–water partition coefficient (Wildman–Crippen LogP) is 1.84. The minimum Gasteiger partial charge on any atom is -0.325 e. The van der Waals surface area contributed by atoms with Gasteiger partial charge in [-0.05, 0) is 31.2 Å². The van der Waals surface area contributed by atoms with Crippen LogP contribution < -0.4 is 5.73 Å². The van der Waals surface area contributed by atoms with E-state index in [0.717, 1.165) is 12.5 Å². The van der Waals surface area contributed by atoms with Gasteiger partial charge >= 0.3 is 0 Å². The van der Waals surface area contributed by atoms with E-state index in [1.807, 2.05) is 6.20 Å². The fraction of sp³-hybridized carbons (Fsp3) is 0.727. The number of nitrogens with zero attached hydrogens (tertiary/aromatic N) is 2. The van der Waals surface area contributed by atoms with Crippen LogP contribution in [0.5, 0.6) is 0 Å². The molecule has 14 heavy (non-hydrogen) atoms. The number of nitrogens with two attached hydrogens (primary N) is 1. The van der Waals surface area contributed by atoms with Crippen molar-refractivity contribution in [3.63, 3.8) is 0 Å². The van der Waals surface area contributed by atoms with Gasteiger partial charge in [-0.2, -0.15) is 5.10 Å². The zero-order valence-electron chi connectivity index (χ0n) is 8.87. The normalized spacial score (nSPS) is 17.9. The van der Waals surface area contributed by atoms with E-state index in [9.17, 15) is 0 Å². The van der Waals surface area contributed by atoms with E-state index in [1.165, 1.54) is 36.9 Å². The number of aryl methyl sites for hydroxylation is 1. The molecule has 1 aromatic heterocycles. The lowest BCUT2D eigenvalue weighted by molar-refractivity contribution is 0.419. The first-order chi connectivity index (χ1) is 6.81. The summed E-state index contributed by atoms with van der Waals surface area (Å²) in [4.78, 5) is 0. The van der Waals surface area contributed by atoms with Crippen molar-refractivity contribution in [2.75, 3.05) is 0 Å². The summed E-state index contributed by atoms with van der Waals surface area (Å²) < 4.78 is 2.10. The van der Waals surface area contributed by atoms with Crippen LogP contribution in [0.4, 0.5) is 0 Å². The molecule has 0 aromatic carbocycles. The maximum absolute atomic E-state index is 5.71. The summed E-state index contributed by atoms with van der Waals surface area (Å²) in [5.74, 6) is 0.833. The van der Waals surface area contributed by atoms with E-state index in [4.69, 9.17) is 5.73 Å². The maximum Gasteiger partial charge on any atom is 0.0549 e. The molecule has 78 valence electrons. The molecule has 2 N–H and O–H groups in total. The number of aromatic nitrogens is 2. The van der Waals surface area contributed by atoms with Crippen LogP contribution in [-0.2, 0) is 13.1 Å². The van der Waals surface area contributed by atoms with Gasteiger partial charge < -0.3 is 5.73 Å². The molecule has 1 aromatic rings. The molecule has 0 radical (unpaired) electrons. The van der Waals surface area contributed by atoms with Gasteiger partial charge in [0, 0.05) is 13.1 Å². The maximum atomic E-state index is 5.71. The highest BCUT2D eigenvalue weighted by Crippen LogP contribution is 2.26. The van der Waals surface area contributed by atoms with Crippen molar-refractivity contribution in [3.05, 3.63) is 17.5 Å². The Balaban J connectivity index is 2.07. The Bertz CT molecular complexity index is 297. The average molecular weight is 193 g/mol. The SMILES string of the molecule is Cc1cnn(CC2CCCC2)c1CN. The molecule has 0 spiro atoms. The van der Waals surface area contributed by atoms with Crippen LogP contribution in [0.2, 0.25) is 0 Å². The van der Waals surface area contributed by atoms with Crippen LogP contribution >= 0.6 is 0 Å². The molecule has 3 heteroatoms. The molecule has 1 aliphatic carbocycles. The summed E-state index contributed by atoms with van der Waals surface area (Å²) in [5.41, 5.74) is 8.14. The van der Waals surface area contributed by atoms with Crippen molar-refractivity contribution in [1.29, 1.82) is 0 Å². The molecule has 0 unspecified atom stereocenters. The third-order valence-corrected chi connectivity index (χ3v) is 3.26. The Morgan fingerprint density at radius 1 is 1.50 bits per heavy atom. The van der Waals surface area contributed by atoms with E-state index in [-0.39, 0.29) is 0 Å². The first-order valence-corrected chi connectivity index (χ1v) is 5.52. The topological polar surface area (TPSA) is 43.8 Å². The van der Waals surface area contributed by atoms with Crippen LogP contribution in [0, 0.1) is 12.8 Å². The second-order valence-electron chi connectivity index (χ2n) is 4.31. The summed E-state index contributed by atoms with van der Waals surface area (Å²) in [5, 5.41) is 4.39. The first-order valence-electron chi connectivity index (χ1n) is 5.52. The van der Waals surface area contributed by atoms with Crippen molar-refractivity contribution in [3.8, 4) is 0 Å². The van der Waals surface area contributed by atoms with Gasteiger partial charge in [0.05, 0.1) is 11.9 Å². The molecular formula is C11H19N3. The second kappa shape index (κ2) is 4.13. The van der Waals surface area contributed by atoms with E-state index < -0.39 is 0 Å². The third kappa shape index (κ3) is 1.82. The van der Waals surface area contributed by atoms with Gasteiger partial charge in [-0.15, -0.1) is 0 Å². The van der Waals surface area contributed by atoms with Crippen LogP contribution in [0.3, 0.4) is 0 Å². The van der Waals surface area contributed by atoms with Gasteiger partial charge in [0.1, 0.15) is 0 Å². The van der Waals surface area contributed by atoms with E-state index >= 15 is 0 Å².